The van der Waals surface area contributed by atoms with Gasteiger partial charge in [-0.2, -0.15) is 26.7 Å². The molecule has 2 aromatic carbocycles. The highest BCUT2D eigenvalue weighted by Gasteiger charge is 2.34. The molecular weight excluding hydrogens is 307 g/mol. The Labute approximate surface area is 119 Å². The van der Waals surface area contributed by atoms with Crippen molar-refractivity contribution in [1.29, 1.82) is 0 Å². The maximum absolute atomic E-state index is 13.1. The van der Waals surface area contributed by atoms with Gasteiger partial charge in [0.1, 0.15) is 5.75 Å². The molecule has 0 heterocycles. The number of alkyl halides is 3. The summed E-state index contributed by atoms with van der Waals surface area (Å²) in [4.78, 5) is 0. The van der Waals surface area contributed by atoms with E-state index in [0.29, 0.717) is 11.6 Å². The van der Waals surface area contributed by atoms with E-state index >= 15 is 0 Å². The van der Waals surface area contributed by atoms with Crippen LogP contribution in [0.4, 0.5) is 13.2 Å². The van der Waals surface area contributed by atoms with Gasteiger partial charge >= 0.3 is 16.5 Å². The van der Waals surface area contributed by atoms with Crippen LogP contribution in [0.25, 0.3) is 11.1 Å². The third-order valence-electron chi connectivity index (χ3n) is 2.59. The lowest BCUT2D eigenvalue weighted by molar-refractivity contribution is -0.137. The first-order chi connectivity index (χ1) is 9.67. The van der Waals surface area contributed by atoms with Crippen molar-refractivity contribution in [2.24, 2.45) is 5.14 Å². The minimum absolute atomic E-state index is 0.0788. The Morgan fingerprint density at radius 3 is 2.14 bits per heavy atom. The molecule has 0 aliphatic heterocycles. The summed E-state index contributed by atoms with van der Waals surface area (Å²) in [5.74, 6) is -0.496. The van der Waals surface area contributed by atoms with Crippen LogP contribution in [-0.2, 0) is 16.5 Å². The van der Waals surface area contributed by atoms with Crippen LogP contribution in [0.15, 0.2) is 48.5 Å². The molecule has 4 nitrogen and oxygen atoms in total. The van der Waals surface area contributed by atoms with Crippen LogP contribution < -0.4 is 9.32 Å². The minimum atomic E-state index is -4.66. The molecule has 0 atom stereocenters. The average molecular weight is 317 g/mol. The number of nitrogens with two attached hydrogens (primary N) is 1. The van der Waals surface area contributed by atoms with Crippen molar-refractivity contribution in [3.8, 4) is 16.9 Å². The highest BCUT2D eigenvalue weighted by atomic mass is 32.2. The maximum Gasteiger partial charge on any atom is 0.417 e. The topological polar surface area (TPSA) is 69.4 Å². The zero-order valence-electron chi connectivity index (χ0n) is 10.5. The van der Waals surface area contributed by atoms with E-state index in [9.17, 15) is 21.6 Å². The first kappa shape index (κ1) is 15.3. The summed E-state index contributed by atoms with van der Waals surface area (Å²) in [5, 5.41) is 4.64. The van der Waals surface area contributed by atoms with Crippen molar-refractivity contribution >= 4 is 10.3 Å². The first-order valence-electron chi connectivity index (χ1n) is 5.66. The largest absolute Gasteiger partial charge is 0.417 e. The van der Waals surface area contributed by atoms with Gasteiger partial charge in [0, 0.05) is 0 Å². The van der Waals surface area contributed by atoms with Crippen LogP contribution >= 0.6 is 0 Å². The van der Waals surface area contributed by atoms with E-state index in [4.69, 9.17) is 0 Å². The quantitative estimate of drug-likeness (QED) is 0.946. The van der Waals surface area contributed by atoms with E-state index in [0.717, 1.165) is 12.1 Å². The fourth-order valence-electron chi connectivity index (χ4n) is 1.81. The highest BCUT2D eigenvalue weighted by Crippen LogP contribution is 2.39. The summed E-state index contributed by atoms with van der Waals surface area (Å²) in [7, 11) is -4.38. The van der Waals surface area contributed by atoms with Crippen LogP contribution in [0.1, 0.15) is 5.56 Å². The molecule has 0 amide bonds. The molecule has 0 saturated heterocycles. The van der Waals surface area contributed by atoms with Crippen LogP contribution in [0, 0.1) is 0 Å². The summed E-state index contributed by atoms with van der Waals surface area (Å²) in [6, 6.07) is 10.8. The van der Waals surface area contributed by atoms with Gasteiger partial charge in [0.2, 0.25) is 0 Å². The van der Waals surface area contributed by atoms with Crippen molar-refractivity contribution < 1.29 is 25.8 Å². The second-order valence-electron chi connectivity index (χ2n) is 4.15. The van der Waals surface area contributed by atoms with Crippen molar-refractivity contribution in [2.75, 3.05) is 0 Å². The Hall–Kier alpha value is -2.06. The molecule has 0 saturated carbocycles. The lowest BCUT2D eigenvalue weighted by Gasteiger charge is -2.14. The molecule has 0 aromatic heterocycles. The van der Waals surface area contributed by atoms with E-state index in [1.807, 2.05) is 0 Å². The van der Waals surface area contributed by atoms with Gasteiger partial charge in [-0.15, -0.1) is 0 Å². The molecule has 0 bridgehead atoms. The lowest BCUT2D eigenvalue weighted by atomic mass is 9.99. The summed E-state index contributed by atoms with van der Waals surface area (Å²) < 4.78 is 65.2. The number of benzene rings is 2. The Morgan fingerprint density at radius 2 is 1.62 bits per heavy atom. The first-order valence-corrected chi connectivity index (χ1v) is 7.13. The Bertz CT molecular complexity index is 743. The zero-order chi connectivity index (χ0) is 15.7. The molecule has 0 spiro atoms. The zero-order valence-corrected chi connectivity index (χ0v) is 11.3. The van der Waals surface area contributed by atoms with E-state index < -0.39 is 27.8 Å². The van der Waals surface area contributed by atoms with Crippen LogP contribution in [0.5, 0.6) is 5.75 Å². The van der Waals surface area contributed by atoms with E-state index in [2.05, 4.69) is 9.32 Å². The van der Waals surface area contributed by atoms with Crippen molar-refractivity contribution in [2.45, 2.75) is 6.18 Å². The van der Waals surface area contributed by atoms with Gasteiger partial charge in [-0.05, 0) is 23.3 Å². The molecule has 0 aliphatic rings. The third kappa shape index (κ3) is 3.96. The predicted octanol–water partition coefficient (Wildman–Crippen LogP) is 2.95. The number of halogens is 3. The molecule has 0 fully saturated rings. The average Bonchev–Trinajstić information content (AvgIpc) is 2.37. The van der Waals surface area contributed by atoms with Crippen molar-refractivity contribution in [3.63, 3.8) is 0 Å². The van der Waals surface area contributed by atoms with Crippen LogP contribution in [0.2, 0.25) is 0 Å². The Kier molecular flexibility index (Phi) is 3.93. The third-order valence-corrected chi connectivity index (χ3v) is 3.02. The molecule has 0 unspecified atom stereocenters. The lowest BCUT2D eigenvalue weighted by Crippen LogP contribution is -2.19. The second kappa shape index (κ2) is 5.38. The Balaban J connectivity index is 2.57. The summed E-state index contributed by atoms with van der Waals surface area (Å²) >= 11 is 0. The van der Waals surface area contributed by atoms with Gasteiger partial charge in [-0.25, -0.2) is 0 Å². The van der Waals surface area contributed by atoms with Crippen molar-refractivity contribution in [1.82, 2.24) is 0 Å². The van der Waals surface area contributed by atoms with E-state index in [1.54, 1.807) is 18.2 Å². The number of rotatable bonds is 3. The molecule has 0 aliphatic carbocycles. The molecule has 112 valence electrons. The molecule has 2 aromatic rings. The van der Waals surface area contributed by atoms with Crippen molar-refractivity contribution in [3.05, 3.63) is 54.1 Å². The van der Waals surface area contributed by atoms with Gasteiger partial charge in [0.15, 0.2) is 0 Å². The smallest absolute Gasteiger partial charge is 0.371 e. The van der Waals surface area contributed by atoms with Crippen LogP contribution in [0.3, 0.4) is 0 Å². The van der Waals surface area contributed by atoms with Gasteiger partial charge in [-0.1, -0.05) is 36.4 Å². The fraction of sp³-hybridized carbons (Fsp3) is 0.0769. The predicted molar refractivity (Wildman–Crippen MR) is 70.6 cm³/mol. The maximum atomic E-state index is 13.1. The van der Waals surface area contributed by atoms with E-state index in [-0.39, 0.29) is 5.56 Å². The van der Waals surface area contributed by atoms with E-state index in [1.165, 1.54) is 12.1 Å². The number of hydrogen-bond acceptors (Lipinski definition) is 3. The standard InChI is InChI=1S/C13H10F3NO3S/c14-13(15,16)12-8-10(20-21(17,18)19)6-7-11(12)9-4-2-1-3-5-9/h1-8H,(H2,17,18,19). The second-order valence-corrected chi connectivity index (χ2v) is 5.30. The molecule has 2 N–H and O–H groups in total. The molecule has 2 rings (SSSR count). The van der Waals surface area contributed by atoms with Gasteiger partial charge in [-0.3, -0.25) is 0 Å². The summed E-state index contributed by atoms with van der Waals surface area (Å²) in [6.45, 7) is 0. The summed E-state index contributed by atoms with van der Waals surface area (Å²) in [5.41, 5.74) is -0.730. The SMILES string of the molecule is NS(=O)(=O)Oc1ccc(-c2ccccc2)c(C(F)(F)F)c1. The molecule has 21 heavy (non-hydrogen) atoms. The molecule has 0 radical (unpaired) electrons. The number of hydrogen-bond donors (Lipinski definition) is 1. The fourth-order valence-corrected chi connectivity index (χ4v) is 2.19. The van der Waals surface area contributed by atoms with Gasteiger partial charge < -0.3 is 4.18 Å². The van der Waals surface area contributed by atoms with Gasteiger partial charge in [0.05, 0.1) is 5.56 Å². The molecular formula is C13H10F3NO3S. The normalized spacial score (nSPS) is 12.2. The summed E-state index contributed by atoms with van der Waals surface area (Å²) in [6.07, 6.45) is -4.66. The monoisotopic (exact) mass is 317 g/mol. The molecule has 8 heteroatoms. The Morgan fingerprint density at radius 1 is 1.00 bits per heavy atom. The highest BCUT2D eigenvalue weighted by molar-refractivity contribution is 7.84. The minimum Gasteiger partial charge on any atom is -0.371 e. The van der Waals surface area contributed by atoms with Crippen LogP contribution in [-0.4, -0.2) is 8.42 Å². The van der Waals surface area contributed by atoms with Gasteiger partial charge in [0.25, 0.3) is 0 Å².